The molecule has 6 nitrogen and oxygen atoms in total. The van der Waals surface area contributed by atoms with Crippen LogP contribution in [-0.4, -0.2) is 60.9 Å². The molecule has 38 heavy (non-hydrogen) atoms. The van der Waals surface area contributed by atoms with Gasteiger partial charge in [0.25, 0.3) is 0 Å². The molecule has 2 aromatic rings. The molecule has 2 fully saturated rings. The number of carbonyl (C=O) groups is 2. The van der Waals surface area contributed by atoms with Gasteiger partial charge in [-0.2, -0.15) is 0 Å². The Balaban J connectivity index is 1.44. The molecule has 2 aromatic carbocycles. The summed E-state index contributed by atoms with van der Waals surface area (Å²) in [5.41, 5.74) is 4.78. The molecule has 0 bridgehead atoms. The normalized spacial score (nSPS) is 17.9. The quantitative estimate of drug-likeness (QED) is 0.435. The number of benzene rings is 2. The van der Waals surface area contributed by atoms with Gasteiger partial charge in [-0.25, -0.2) is 0 Å². The minimum absolute atomic E-state index is 0.0508. The molecule has 0 radical (unpaired) electrons. The second-order valence-corrected chi connectivity index (χ2v) is 11.9. The molecule has 2 aliphatic rings. The van der Waals surface area contributed by atoms with E-state index in [1.165, 1.54) is 11.1 Å². The fourth-order valence-corrected chi connectivity index (χ4v) is 6.15. The number of hydrogen-bond donors (Lipinski definition) is 2. The highest BCUT2D eigenvalue weighted by Gasteiger charge is 2.22. The van der Waals surface area contributed by atoms with Crippen LogP contribution in [0.3, 0.4) is 0 Å². The van der Waals surface area contributed by atoms with Crippen LogP contribution in [0, 0.1) is 11.8 Å². The Morgan fingerprint density at radius 3 is 1.47 bits per heavy atom. The Morgan fingerprint density at radius 2 is 1.08 bits per heavy atom. The number of likely N-dealkylation sites (tertiary alicyclic amines) is 2. The highest BCUT2D eigenvalue weighted by Crippen LogP contribution is 2.30. The van der Waals surface area contributed by atoms with Crippen molar-refractivity contribution in [3.63, 3.8) is 0 Å². The summed E-state index contributed by atoms with van der Waals surface area (Å²) in [6.45, 7) is 10.7. The van der Waals surface area contributed by atoms with Crippen LogP contribution in [0.15, 0.2) is 36.4 Å². The predicted octanol–water partition coefficient (Wildman–Crippen LogP) is 5.36. The van der Waals surface area contributed by atoms with Gasteiger partial charge in [0.05, 0.1) is 0 Å². The van der Waals surface area contributed by atoms with Crippen molar-refractivity contribution in [2.75, 3.05) is 39.3 Å². The maximum atomic E-state index is 11.3. The summed E-state index contributed by atoms with van der Waals surface area (Å²) in [6, 6.07) is 12.6. The third-order valence-electron chi connectivity index (χ3n) is 7.75. The molecule has 2 amide bonds. The fraction of sp³-hybridized carbons (Fsp3) is 0.533. The van der Waals surface area contributed by atoms with E-state index in [1.54, 1.807) is 19.9 Å². The first-order valence-corrected chi connectivity index (χ1v) is 14.5. The number of hydrogen-bond acceptors (Lipinski definition) is 4. The van der Waals surface area contributed by atoms with Gasteiger partial charge < -0.3 is 10.6 Å². The van der Waals surface area contributed by atoms with Crippen molar-refractivity contribution in [2.45, 2.75) is 52.6 Å². The Kier molecular flexibility index (Phi) is 10.5. The fourth-order valence-electron chi connectivity index (χ4n) is 5.62. The molecular formula is C30H40Cl2N4O2. The first-order valence-electron chi connectivity index (χ1n) is 13.8. The Hall–Kier alpha value is -2.12. The minimum atomic E-state index is 0.0508. The number of carbonyl (C=O) groups excluding carboxylic acids is 2. The molecular weight excluding hydrogens is 519 g/mol. The van der Waals surface area contributed by atoms with E-state index >= 15 is 0 Å². The number of nitrogens with one attached hydrogen (secondary N) is 2. The van der Waals surface area contributed by atoms with Gasteiger partial charge in [-0.3, -0.25) is 19.4 Å². The smallest absolute Gasteiger partial charge is 0.216 e. The van der Waals surface area contributed by atoms with Gasteiger partial charge in [0.15, 0.2) is 0 Å². The third kappa shape index (κ3) is 8.98. The Morgan fingerprint density at radius 1 is 0.684 bits per heavy atom. The zero-order valence-electron chi connectivity index (χ0n) is 22.6. The molecule has 4 rings (SSSR count). The molecule has 0 unspecified atom stereocenters. The Bertz CT molecular complexity index is 1030. The van der Waals surface area contributed by atoms with Crippen LogP contribution in [0.1, 0.15) is 50.7 Å². The van der Waals surface area contributed by atoms with Crippen LogP contribution in [0.25, 0.3) is 11.1 Å². The van der Waals surface area contributed by atoms with E-state index in [0.717, 1.165) is 89.2 Å². The monoisotopic (exact) mass is 558 g/mol. The molecule has 2 aliphatic heterocycles. The molecule has 0 aromatic heterocycles. The lowest BCUT2D eigenvalue weighted by Gasteiger charge is -2.33. The van der Waals surface area contributed by atoms with Crippen molar-refractivity contribution in [2.24, 2.45) is 11.8 Å². The lowest BCUT2D eigenvalue weighted by molar-refractivity contribution is -0.120. The third-order valence-corrected chi connectivity index (χ3v) is 8.19. The maximum absolute atomic E-state index is 11.3. The van der Waals surface area contributed by atoms with E-state index in [1.807, 2.05) is 12.1 Å². The first kappa shape index (κ1) is 28.9. The molecule has 0 saturated carbocycles. The lowest BCUT2D eigenvalue weighted by Crippen LogP contribution is -2.38. The summed E-state index contributed by atoms with van der Waals surface area (Å²) in [4.78, 5) is 27.6. The summed E-state index contributed by atoms with van der Waals surface area (Å²) < 4.78 is 0. The molecule has 2 saturated heterocycles. The van der Waals surface area contributed by atoms with Crippen LogP contribution >= 0.6 is 23.2 Å². The second kappa shape index (κ2) is 13.8. The topological polar surface area (TPSA) is 64.7 Å². The van der Waals surface area contributed by atoms with E-state index in [9.17, 15) is 9.59 Å². The van der Waals surface area contributed by atoms with Gasteiger partial charge in [0.1, 0.15) is 0 Å². The van der Waals surface area contributed by atoms with Gasteiger partial charge in [-0.1, -0.05) is 29.3 Å². The van der Waals surface area contributed by atoms with E-state index in [0.29, 0.717) is 21.9 Å². The van der Waals surface area contributed by atoms with Crippen molar-refractivity contribution in [1.82, 2.24) is 20.4 Å². The number of piperidine rings is 2. The van der Waals surface area contributed by atoms with Crippen molar-refractivity contribution in [3.05, 3.63) is 57.6 Å². The van der Waals surface area contributed by atoms with Crippen LogP contribution in [-0.2, 0) is 22.7 Å². The highest BCUT2D eigenvalue weighted by molar-refractivity contribution is 6.35. The lowest BCUT2D eigenvalue weighted by atomic mass is 9.94. The Labute approximate surface area is 237 Å². The van der Waals surface area contributed by atoms with Gasteiger partial charge in [-0.05, 0) is 116 Å². The number of rotatable bonds is 9. The number of amides is 2. The average molecular weight is 560 g/mol. The standard InChI is InChI=1S/C30H40Cl2N4O2/c1-21(37)33-17-23-3-7-35(8-4-23)19-25-11-26(13-27(12-25)28-14-29(31)16-30(32)15-28)20-36-9-5-24(6-10-36)18-34-22(2)38/h11-16,23-24H,3-10,17-20H2,1-2H3,(H,33,37)(H,34,38). The number of nitrogens with zero attached hydrogens (tertiary/aromatic N) is 2. The molecule has 8 heteroatoms. The predicted molar refractivity (Wildman–Crippen MR) is 155 cm³/mol. The second-order valence-electron chi connectivity index (χ2n) is 11.0. The first-order chi connectivity index (χ1) is 18.2. The minimum Gasteiger partial charge on any atom is -0.356 e. The molecule has 0 atom stereocenters. The summed E-state index contributed by atoms with van der Waals surface area (Å²) in [7, 11) is 0. The molecule has 0 spiro atoms. The van der Waals surface area contributed by atoms with Crippen LogP contribution in [0.2, 0.25) is 10.0 Å². The van der Waals surface area contributed by atoms with Gasteiger partial charge >= 0.3 is 0 Å². The van der Waals surface area contributed by atoms with Crippen molar-refractivity contribution >= 4 is 35.0 Å². The maximum Gasteiger partial charge on any atom is 0.216 e. The molecule has 2 heterocycles. The van der Waals surface area contributed by atoms with Gasteiger partial charge in [-0.15, -0.1) is 0 Å². The van der Waals surface area contributed by atoms with Gasteiger partial charge in [0.2, 0.25) is 11.8 Å². The zero-order valence-corrected chi connectivity index (χ0v) is 24.1. The summed E-state index contributed by atoms with van der Waals surface area (Å²) >= 11 is 12.7. The van der Waals surface area contributed by atoms with Crippen molar-refractivity contribution in [1.29, 1.82) is 0 Å². The highest BCUT2D eigenvalue weighted by atomic mass is 35.5. The molecule has 0 aliphatic carbocycles. The largest absolute Gasteiger partial charge is 0.356 e. The van der Waals surface area contributed by atoms with Crippen molar-refractivity contribution in [3.8, 4) is 11.1 Å². The molecule has 206 valence electrons. The van der Waals surface area contributed by atoms with Crippen LogP contribution in [0.4, 0.5) is 0 Å². The van der Waals surface area contributed by atoms with E-state index in [-0.39, 0.29) is 11.8 Å². The van der Waals surface area contributed by atoms with Crippen LogP contribution in [0.5, 0.6) is 0 Å². The summed E-state index contributed by atoms with van der Waals surface area (Å²) in [5.74, 6) is 1.21. The van der Waals surface area contributed by atoms with Gasteiger partial charge in [0, 0.05) is 50.1 Å². The van der Waals surface area contributed by atoms with E-state index in [4.69, 9.17) is 23.2 Å². The van der Waals surface area contributed by atoms with E-state index < -0.39 is 0 Å². The SMILES string of the molecule is CC(=O)NCC1CCN(Cc2cc(CN3CCC(CNC(C)=O)CC3)cc(-c3cc(Cl)cc(Cl)c3)c2)CC1. The molecule has 2 N–H and O–H groups in total. The summed E-state index contributed by atoms with van der Waals surface area (Å²) in [6.07, 6.45) is 4.41. The summed E-state index contributed by atoms with van der Waals surface area (Å²) in [5, 5.41) is 7.23. The van der Waals surface area contributed by atoms with Crippen molar-refractivity contribution < 1.29 is 9.59 Å². The average Bonchev–Trinajstić information content (AvgIpc) is 2.87. The van der Waals surface area contributed by atoms with Crippen LogP contribution < -0.4 is 10.6 Å². The van der Waals surface area contributed by atoms with E-state index in [2.05, 4.69) is 38.6 Å². The number of halogens is 2. The zero-order chi connectivity index (χ0) is 27.1.